The Balaban J connectivity index is 1.45. The highest BCUT2D eigenvalue weighted by Gasteiger charge is 2.14. The Hall–Kier alpha value is -5.53. The second-order valence-corrected chi connectivity index (χ2v) is 11.9. The molecule has 1 aromatic heterocycles. The van der Waals surface area contributed by atoms with Crippen molar-refractivity contribution in [1.29, 1.82) is 0 Å². The second-order valence-electron chi connectivity index (χ2n) is 11.9. The van der Waals surface area contributed by atoms with E-state index in [2.05, 4.69) is 171 Å². The molecule has 0 bridgehead atoms. The van der Waals surface area contributed by atoms with E-state index in [1.807, 2.05) is 12.4 Å². The van der Waals surface area contributed by atoms with Crippen molar-refractivity contribution < 1.29 is 0 Å². The number of rotatable bonds is 7. The molecule has 0 radical (unpaired) electrons. The van der Waals surface area contributed by atoms with Crippen molar-refractivity contribution in [1.82, 2.24) is 4.98 Å². The number of nitrogens with zero attached hydrogens (tertiary/aromatic N) is 1. The molecule has 0 saturated heterocycles. The summed E-state index contributed by atoms with van der Waals surface area (Å²) in [5.74, 6) is 0. The molecule has 0 spiro atoms. The van der Waals surface area contributed by atoms with Crippen molar-refractivity contribution in [2.45, 2.75) is 27.2 Å². The van der Waals surface area contributed by atoms with E-state index in [4.69, 9.17) is 0 Å². The van der Waals surface area contributed by atoms with Crippen LogP contribution in [0.3, 0.4) is 0 Å². The van der Waals surface area contributed by atoms with Gasteiger partial charge in [-0.15, -0.1) is 0 Å². The molecule has 0 aliphatic rings. The maximum atomic E-state index is 4.29. The summed E-state index contributed by atoms with van der Waals surface area (Å²) in [4.78, 5) is 4.29. The van der Waals surface area contributed by atoms with Gasteiger partial charge >= 0.3 is 0 Å². The van der Waals surface area contributed by atoms with Gasteiger partial charge in [-0.1, -0.05) is 122 Å². The van der Waals surface area contributed by atoms with Crippen molar-refractivity contribution in [2.75, 3.05) is 0 Å². The molecule has 1 nitrogen and oxygen atoms in total. The zero-order chi connectivity index (χ0) is 31.5. The minimum absolute atomic E-state index is 1.03. The predicted octanol–water partition coefficient (Wildman–Crippen LogP) is 12.9. The van der Waals surface area contributed by atoms with Gasteiger partial charge in [-0.05, 0) is 134 Å². The summed E-state index contributed by atoms with van der Waals surface area (Å²) in [6.07, 6.45) is 13.6. The monoisotopic (exact) mass is 591 g/mol. The van der Waals surface area contributed by atoms with Crippen molar-refractivity contribution in [3.63, 3.8) is 0 Å². The van der Waals surface area contributed by atoms with Gasteiger partial charge in [-0.2, -0.15) is 0 Å². The summed E-state index contributed by atoms with van der Waals surface area (Å²) < 4.78 is 0. The summed E-state index contributed by atoms with van der Waals surface area (Å²) in [6.45, 7) is 6.47. The average Bonchev–Trinajstić information content (AvgIpc) is 3.13. The lowest BCUT2D eigenvalue weighted by Gasteiger charge is -2.16. The fourth-order valence-corrected chi connectivity index (χ4v) is 6.50. The van der Waals surface area contributed by atoms with E-state index in [1.54, 1.807) is 0 Å². The topological polar surface area (TPSA) is 12.9 Å². The van der Waals surface area contributed by atoms with E-state index in [-0.39, 0.29) is 0 Å². The van der Waals surface area contributed by atoms with Crippen LogP contribution in [-0.4, -0.2) is 4.98 Å². The zero-order valence-corrected chi connectivity index (χ0v) is 26.7. The van der Waals surface area contributed by atoms with E-state index in [9.17, 15) is 0 Å². The van der Waals surface area contributed by atoms with E-state index < -0.39 is 0 Å². The number of hydrogen-bond donors (Lipinski definition) is 0. The standard InChI is InChI=1S/C45H37N/c1-4-12-32(20-19-31(3)5-2)35-27-36(33-23-25-46-26-24-33)29-37(28-35)39-14-7-6-13-38(39)34-21-22-44-42-17-9-8-15-40(42)41-16-10-11-18-43(41)45(44)30-34/h4,6-30H,5H2,1-3H3. The van der Waals surface area contributed by atoms with Gasteiger partial charge < -0.3 is 0 Å². The molecule has 0 unspecified atom stereocenters. The van der Waals surface area contributed by atoms with Crippen LogP contribution in [0.15, 0.2) is 164 Å². The molecule has 0 atom stereocenters. The Morgan fingerprint density at radius 1 is 0.543 bits per heavy atom. The SMILES string of the molecule is CC=CC(=CC=C(C)CC)c1cc(-c2ccncc2)cc(-c2ccccc2-c2ccc3c4ccccc4c4ccccc4c3c2)c1. The molecule has 1 heteroatoms. The van der Waals surface area contributed by atoms with Gasteiger partial charge in [-0.3, -0.25) is 4.98 Å². The highest BCUT2D eigenvalue weighted by Crippen LogP contribution is 2.40. The van der Waals surface area contributed by atoms with Crippen LogP contribution in [-0.2, 0) is 0 Å². The van der Waals surface area contributed by atoms with E-state index in [0.717, 1.165) is 12.0 Å². The maximum Gasteiger partial charge on any atom is 0.0273 e. The molecule has 1 heterocycles. The molecule has 6 aromatic carbocycles. The van der Waals surface area contributed by atoms with Crippen LogP contribution in [0.2, 0.25) is 0 Å². The summed E-state index contributed by atoms with van der Waals surface area (Å²) in [5.41, 5.74) is 10.9. The molecular formula is C45H37N. The highest BCUT2D eigenvalue weighted by molar-refractivity contribution is 6.25. The summed E-state index contributed by atoms with van der Waals surface area (Å²) >= 11 is 0. The number of allylic oxidation sites excluding steroid dienone is 6. The zero-order valence-electron chi connectivity index (χ0n) is 26.7. The van der Waals surface area contributed by atoms with Crippen molar-refractivity contribution in [2.24, 2.45) is 0 Å². The average molecular weight is 592 g/mol. The molecule has 222 valence electrons. The molecule has 0 aliphatic heterocycles. The molecular weight excluding hydrogens is 555 g/mol. The normalized spacial score (nSPS) is 12.5. The van der Waals surface area contributed by atoms with E-state index >= 15 is 0 Å². The lowest BCUT2D eigenvalue weighted by Crippen LogP contribution is -1.91. The fourth-order valence-electron chi connectivity index (χ4n) is 6.50. The molecule has 0 amide bonds. The minimum atomic E-state index is 1.03. The number of aromatic nitrogens is 1. The third-order valence-corrected chi connectivity index (χ3v) is 9.02. The van der Waals surface area contributed by atoms with Crippen LogP contribution in [0, 0.1) is 0 Å². The Morgan fingerprint density at radius 3 is 1.74 bits per heavy atom. The van der Waals surface area contributed by atoms with Gasteiger partial charge in [0.05, 0.1) is 0 Å². The first kappa shape index (κ1) is 29.2. The predicted molar refractivity (Wildman–Crippen MR) is 200 cm³/mol. The number of hydrogen-bond acceptors (Lipinski definition) is 1. The quantitative estimate of drug-likeness (QED) is 0.133. The lowest BCUT2D eigenvalue weighted by molar-refractivity contribution is 1.10. The summed E-state index contributed by atoms with van der Waals surface area (Å²) in [5, 5.41) is 7.74. The molecule has 0 saturated carbocycles. The second kappa shape index (κ2) is 12.8. The van der Waals surface area contributed by atoms with Gasteiger partial charge in [0.1, 0.15) is 0 Å². The lowest BCUT2D eigenvalue weighted by atomic mass is 9.88. The van der Waals surface area contributed by atoms with Crippen LogP contribution in [0.25, 0.3) is 71.3 Å². The fraction of sp³-hybridized carbons (Fsp3) is 0.0889. The molecule has 0 N–H and O–H groups in total. The van der Waals surface area contributed by atoms with E-state index in [1.165, 1.54) is 76.8 Å². The third-order valence-electron chi connectivity index (χ3n) is 9.02. The van der Waals surface area contributed by atoms with Crippen molar-refractivity contribution >= 4 is 37.9 Å². The van der Waals surface area contributed by atoms with Crippen molar-refractivity contribution in [3.8, 4) is 33.4 Å². The van der Waals surface area contributed by atoms with Crippen LogP contribution in [0.4, 0.5) is 0 Å². The smallest absolute Gasteiger partial charge is 0.0273 e. The third kappa shape index (κ3) is 5.57. The van der Waals surface area contributed by atoms with Gasteiger partial charge in [0, 0.05) is 12.4 Å². The van der Waals surface area contributed by atoms with Gasteiger partial charge in [0.25, 0.3) is 0 Å². The van der Waals surface area contributed by atoms with Gasteiger partial charge in [-0.25, -0.2) is 0 Å². The van der Waals surface area contributed by atoms with Gasteiger partial charge in [0.2, 0.25) is 0 Å². The molecule has 0 fully saturated rings. The Labute approximate surface area is 271 Å². The van der Waals surface area contributed by atoms with Gasteiger partial charge in [0.15, 0.2) is 0 Å². The van der Waals surface area contributed by atoms with Crippen LogP contribution in [0.1, 0.15) is 32.8 Å². The first-order chi connectivity index (χ1) is 22.6. The van der Waals surface area contributed by atoms with Crippen LogP contribution >= 0.6 is 0 Å². The Kier molecular flexibility index (Phi) is 8.14. The molecule has 7 aromatic rings. The first-order valence-corrected chi connectivity index (χ1v) is 16.1. The molecule has 0 aliphatic carbocycles. The van der Waals surface area contributed by atoms with Crippen molar-refractivity contribution in [3.05, 3.63) is 169 Å². The summed E-state index contributed by atoms with van der Waals surface area (Å²) in [6, 6.07) is 44.5. The largest absolute Gasteiger partial charge is 0.265 e. The highest BCUT2D eigenvalue weighted by atomic mass is 14.6. The van der Waals surface area contributed by atoms with E-state index in [0.29, 0.717) is 0 Å². The Bertz CT molecular complexity index is 2270. The number of fused-ring (bicyclic) bond motifs is 6. The summed E-state index contributed by atoms with van der Waals surface area (Å²) in [7, 11) is 0. The number of pyridine rings is 1. The maximum absolute atomic E-state index is 4.29. The number of benzene rings is 6. The first-order valence-electron chi connectivity index (χ1n) is 16.1. The van der Waals surface area contributed by atoms with Crippen LogP contribution in [0.5, 0.6) is 0 Å². The Morgan fingerprint density at radius 2 is 1.11 bits per heavy atom. The minimum Gasteiger partial charge on any atom is -0.265 e. The van der Waals surface area contributed by atoms with Crippen LogP contribution < -0.4 is 0 Å². The molecule has 7 rings (SSSR count). The molecule has 46 heavy (non-hydrogen) atoms.